The van der Waals surface area contributed by atoms with Gasteiger partial charge < -0.3 is 14.9 Å². The third-order valence-electron chi connectivity index (χ3n) is 3.23. The predicted octanol–water partition coefficient (Wildman–Crippen LogP) is 4.25. The van der Waals surface area contributed by atoms with Crippen molar-refractivity contribution in [3.63, 3.8) is 0 Å². The van der Waals surface area contributed by atoms with Gasteiger partial charge in [-0.15, -0.1) is 11.3 Å². The van der Waals surface area contributed by atoms with Crippen molar-refractivity contribution >= 4 is 57.0 Å². The van der Waals surface area contributed by atoms with Crippen LogP contribution in [0.3, 0.4) is 0 Å². The van der Waals surface area contributed by atoms with Gasteiger partial charge in [0.15, 0.2) is 4.34 Å². The van der Waals surface area contributed by atoms with Crippen molar-refractivity contribution in [3.05, 3.63) is 51.9 Å². The molecule has 0 aliphatic heterocycles. The van der Waals surface area contributed by atoms with E-state index in [0.717, 1.165) is 22.0 Å². The van der Waals surface area contributed by atoms with E-state index in [4.69, 9.17) is 16.3 Å². The first kappa shape index (κ1) is 17.6. The van der Waals surface area contributed by atoms with E-state index in [1.807, 2.05) is 24.3 Å². The average Bonchev–Trinajstić information content (AvgIpc) is 2.99. The molecule has 1 heterocycles. The Morgan fingerprint density at radius 1 is 1.40 bits per heavy atom. The Balaban J connectivity index is 1.97. The Bertz CT molecular complexity index is 951. The smallest absolute Gasteiger partial charge is 0.342 e. The van der Waals surface area contributed by atoms with E-state index < -0.39 is 11.7 Å². The Morgan fingerprint density at radius 3 is 2.84 bits per heavy atom. The number of carboxylic acids is 1. The second kappa shape index (κ2) is 7.35. The zero-order chi connectivity index (χ0) is 18.0. The number of aliphatic carboxylic acids is 1. The van der Waals surface area contributed by atoms with Gasteiger partial charge in [0.1, 0.15) is 10.7 Å². The summed E-state index contributed by atoms with van der Waals surface area (Å²) in [6, 6.07) is 10.5. The maximum absolute atomic E-state index is 11.8. The second-order valence-corrected chi connectivity index (χ2v) is 7.62. The van der Waals surface area contributed by atoms with Gasteiger partial charge in [-0.2, -0.15) is 0 Å². The highest BCUT2D eigenvalue weighted by atomic mass is 35.5. The summed E-state index contributed by atoms with van der Waals surface area (Å²) < 4.78 is 6.58. The van der Waals surface area contributed by atoms with Crippen LogP contribution in [0.15, 0.2) is 45.6 Å². The molecule has 0 saturated heterocycles. The maximum Gasteiger partial charge on any atom is 0.342 e. The van der Waals surface area contributed by atoms with Crippen LogP contribution in [-0.2, 0) is 4.79 Å². The van der Waals surface area contributed by atoms with Crippen molar-refractivity contribution in [3.8, 4) is 11.5 Å². The van der Waals surface area contributed by atoms with E-state index in [1.54, 1.807) is 0 Å². The minimum atomic E-state index is -1.09. The van der Waals surface area contributed by atoms with Crippen molar-refractivity contribution in [2.45, 2.75) is 4.34 Å². The standard InChI is InChI=1S/C17H12ClNO4S2/c1-23-12-7-9(6-10(18)15(12)20)8-14(16(21)22)25-17-19-11-4-2-3-5-13(11)24-17/h2-8,20H,1H3,(H,21,22)/p-1/b14-8+. The fraction of sp³-hybridized carbons (Fsp3) is 0.0588. The molecule has 0 aliphatic rings. The highest BCUT2D eigenvalue weighted by molar-refractivity contribution is 8.05. The van der Waals surface area contributed by atoms with Gasteiger partial charge in [-0.3, -0.25) is 0 Å². The van der Waals surface area contributed by atoms with Gasteiger partial charge in [-0.05, 0) is 41.7 Å². The lowest BCUT2D eigenvalue weighted by molar-refractivity contribution is -0.269. The van der Waals surface area contributed by atoms with Crippen LogP contribution >= 0.6 is 34.7 Å². The summed E-state index contributed by atoms with van der Waals surface area (Å²) in [6.45, 7) is 0. The van der Waals surface area contributed by atoms with Crippen LogP contribution in [0.4, 0.5) is 0 Å². The molecule has 5 nitrogen and oxygen atoms in total. The summed E-state index contributed by atoms with van der Waals surface area (Å²) in [4.78, 5) is 16.1. The molecule has 0 saturated carbocycles. The number of hydrogen-bond donors (Lipinski definition) is 1. The Kier molecular flexibility index (Phi) is 5.17. The molecule has 1 N–H and O–H groups in total. The Hall–Kier alpha value is -2.22. The topological polar surface area (TPSA) is 82.5 Å². The largest absolute Gasteiger partial charge is 0.869 e. The molecule has 3 rings (SSSR count). The molecule has 2 aromatic carbocycles. The Labute approximate surface area is 156 Å². The summed E-state index contributed by atoms with van der Waals surface area (Å²) in [5.74, 6) is -1.46. The number of halogens is 1. The molecule has 0 aliphatic carbocycles. The third-order valence-corrected chi connectivity index (χ3v) is 5.62. The SMILES string of the molecule is COc1cc(/C=C(/Sc2nc3ccccc3s2)C(=O)O)cc(Cl)c1[O-]. The molecular formula is C17H11ClNO4S2-. The minimum Gasteiger partial charge on any atom is -0.869 e. The van der Waals surface area contributed by atoms with Crippen LogP contribution in [-0.4, -0.2) is 23.2 Å². The maximum atomic E-state index is 11.8. The molecular weight excluding hydrogens is 382 g/mol. The van der Waals surface area contributed by atoms with E-state index in [9.17, 15) is 15.0 Å². The molecule has 0 spiro atoms. The van der Waals surface area contributed by atoms with Crippen LogP contribution in [0.2, 0.25) is 5.02 Å². The van der Waals surface area contributed by atoms with E-state index in [2.05, 4.69) is 4.98 Å². The number of fused-ring (bicyclic) bond motifs is 1. The molecule has 0 fully saturated rings. The van der Waals surface area contributed by atoms with Gasteiger partial charge in [-0.25, -0.2) is 9.78 Å². The van der Waals surface area contributed by atoms with Crippen molar-refractivity contribution in [1.82, 2.24) is 4.98 Å². The summed E-state index contributed by atoms with van der Waals surface area (Å²) in [7, 11) is 1.36. The molecule has 0 amide bonds. The van der Waals surface area contributed by atoms with E-state index in [1.165, 1.54) is 36.7 Å². The number of para-hydroxylation sites is 1. The van der Waals surface area contributed by atoms with Crippen molar-refractivity contribution in [1.29, 1.82) is 0 Å². The summed E-state index contributed by atoms with van der Waals surface area (Å²) in [5.41, 5.74) is 1.28. The van der Waals surface area contributed by atoms with Gasteiger partial charge in [-0.1, -0.05) is 35.5 Å². The molecule has 0 unspecified atom stereocenters. The number of rotatable bonds is 5. The Morgan fingerprint density at radius 2 is 2.16 bits per heavy atom. The second-order valence-electron chi connectivity index (χ2n) is 4.90. The number of carboxylic acid groups (broad SMARTS) is 1. The van der Waals surface area contributed by atoms with Crippen LogP contribution in [0.25, 0.3) is 16.3 Å². The van der Waals surface area contributed by atoms with E-state index in [-0.39, 0.29) is 15.7 Å². The number of thioether (sulfide) groups is 1. The van der Waals surface area contributed by atoms with Crippen LogP contribution < -0.4 is 9.84 Å². The molecule has 1 aromatic heterocycles. The molecule has 0 radical (unpaired) electrons. The number of carbonyl (C=O) groups is 1. The van der Waals surface area contributed by atoms with Gasteiger partial charge in [0.2, 0.25) is 0 Å². The fourth-order valence-electron chi connectivity index (χ4n) is 2.10. The minimum absolute atomic E-state index is 0.0275. The molecule has 3 aromatic rings. The highest BCUT2D eigenvalue weighted by Crippen LogP contribution is 2.37. The first-order valence-corrected chi connectivity index (χ1v) is 9.02. The van der Waals surface area contributed by atoms with Gasteiger partial charge in [0.25, 0.3) is 0 Å². The zero-order valence-electron chi connectivity index (χ0n) is 12.9. The molecule has 0 bridgehead atoms. The summed E-state index contributed by atoms with van der Waals surface area (Å²) in [5, 5.41) is 21.2. The number of hydrogen-bond acceptors (Lipinski definition) is 6. The first-order chi connectivity index (χ1) is 12.0. The van der Waals surface area contributed by atoms with Crippen molar-refractivity contribution in [2.75, 3.05) is 7.11 Å². The zero-order valence-corrected chi connectivity index (χ0v) is 15.2. The first-order valence-electron chi connectivity index (χ1n) is 7.01. The monoisotopic (exact) mass is 392 g/mol. The van der Waals surface area contributed by atoms with Gasteiger partial charge in [0, 0.05) is 5.02 Å². The van der Waals surface area contributed by atoms with Crippen molar-refractivity contribution in [2.24, 2.45) is 0 Å². The van der Waals surface area contributed by atoms with Gasteiger partial charge in [0.05, 0.1) is 17.3 Å². The molecule has 25 heavy (non-hydrogen) atoms. The number of methoxy groups -OCH3 is 1. The lowest BCUT2D eigenvalue weighted by Crippen LogP contribution is -1.98. The third kappa shape index (κ3) is 3.89. The van der Waals surface area contributed by atoms with Crippen LogP contribution in [0.5, 0.6) is 11.5 Å². The lowest BCUT2D eigenvalue weighted by Gasteiger charge is -2.15. The number of nitrogens with zero attached hydrogens (tertiary/aromatic N) is 1. The number of thiazole rings is 1. The van der Waals surface area contributed by atoms with Crippen molar-refractivity contribution < 1.29 is 19.7 Å². The van der Waals surface area contributed by atoms with Crippen LogP contribution in [0, 0.1) is 0 Å². The summed E-state index contributed by atoms with van der Waals surface area (Å²) in [6.07, 6.45) is 1.44. The molecule has 0 atom stereocenters. The highest BCUT2D eigenvalue weighted by Gasteiger charge is 2.14. The number of ether oxygens (including phenoxy) is 1. The number of benzene rings is 2. The number of aromatic nitrogens is 1. The predicted molar refractivity (Wildman–Crippen MR) is 98.5 cm³/mol. The fourth-order valence-corrected chi connectivity index (χ4v) is 4.33. The molecule has 128 valence electrons. The molecule has 8 heteroatoms. The summed E-state index contributed by atoms with van der Waals surface area (Å²) >= 11 is 8.35. The van der Waals surface area contributed by atoms with Gasteiger partial charge >= 0.3 is 5.97 Å². The average molecular weight is 393 g/mol. The van der Waals surface area contributed by atoms with E-state index in [0.29, 0.717) is 9.90 Å². The van der Waals surface area contributed by atoms with Crippen LogP contribution in [0.1, 0.15) is 5.56 Å². The lowest BCUT2D eigenvalue weighted by atomic mass is 10.2. The van der Waals surface area contributed by atoms with E-state index >= 15 is 0 Å². The normalized spacial score (nSPS) is 11.7. The quantitative estimate of drug-likeness (QED) is 0.516.